The number of benzene rings is 1. The molecule has 0 bridgehead atoms. The molecule has 0 aliphatic heterocycles. The maximum Gasteiger partial charge on any atom is 0.192 e. The van der Waals surface area contributed by atoms with E-state index < -0.39 is 0 Å². The molecule has 0 saturated carbocycles. The van der Waals surface area contributed by atoms with Crippen LogP contribution in [0.15, 0.2) is 53.7 Å². The lowest BCUT2D eigenvalue weighted by Gasteiger charge is -2.07. The van der Waals surface area contributed by atoms with E-state index in [0.717, 1.165) is 22.3 Å². The normalized spacial score (nSPS) is 11.1. The summed E-state index contributed by atoms with van der Waals surface area (Å²) < 4.78 is 2.06. The van der Waals surface area contributed by atoms with Gasteiger partial charge in [-0.05, 0) is 13.0 Å². The first-order valence-electron chi connectivity index (χ1n) is 6.25. The van der Waals surface area contributed by atoms with Crippen molar-refractivity contribution in [3.05, 3.63) is 54.1 Å². The third kappa shape index (κ3) is 3.52. The fourth-order valence-corrected chi connectivity index (χ4v) is 2.80. The standard InChI is InChI=1S/C15H16ClN3S/c1-3-9-19-14(13-7-4-6-12(2)11-13)17-18-15(19)20-10-5-8-16/h3-8,11H,1,9-10H2,2H3/b8-5+. The number of aryl methyl sites for hydroxylation is 1. The van der Waals surface area contributed by atoms with Gasteiger partial charge in [-0.2, -0.15) is 0 Å². The van der Waals surface area contributed by atoms with E-state index in [1.54, 1.807) is 11.8 Å². The van der Waals surface area contributed by atoms with Gasteiger partial charge < -0.3 is 0 Å². The molecule has 20 heavy (non-hydrogen) atoms. The monoisotopic (exact) mass is 305 g/mol. The van der Waals surface area contributed by atoms with E-state index in [0.29, 0.717) is 6.54 Å². The average Bonchev–Trinajstić information content (AvgIpc) is 2.83. The lowest BCUT2D eigenvalue weighted by Crippen LogP contribution is -2.00. The van der Waals surface area contributed by atoms with Gasteiger partial charge in [0.2, 0.25) is 0 Å². The lowest BCUT2D eigenvalue weighted by atomic mass is 10.1. The van der Waals surface area contributed by atoms with Gasteiger partial charge in [-0.25, -0.2) is 0 Å². The molecule has 0 fully saturated rings. The van der Waals surface area contributed by atoms with Crippen LogP contribution in [0.2, 0.25) is 0 Å². The summed E-state index contributed by atoms with van der Waals surface area (Å²) in [7, 11) is 0. The van der Waals surface area contributed by atoms with Gasteiger partial charge in [0.25, 0.3) is 0 Å². The lowest BCUT2D eigenvalue weighted by molar-refractivity contribution is 0.732. The van der Waals surface area contributed by atoms with Crippen molar-refractivity contribution < 1.29 is 0 Å². The molecule has 0 spiro atoms. The average molecular weight is 306 g/mol. The highest BCUT2D eigenvalue weighted by atomic mass is 35.5. The summed E-state index contributed by atoms with van der Waals surface area (Å²) in [5, 5.41) is 9.45. The minimum Gasteiger partial charge on any atom is -0.298 e. The van der Waals surface area contributed by atoms with E-state index in [-0.39, 0.29) is 0 Å². The molecule has 0 unspecified atom stereocenters. The Hall–Kier alpha value is -1.52. The molecule has 0 radical (unpaired) electrons. The van der Waals surface area contributed by atoms with Crippen molar-refractivity contribution >= 4 is 23.4 Å². The maximum atomic E-state index is 5.53. The van der Waals surface area contributed by atoms with E-state index >= 15 is 0 Å². The van der Waals surface area contributed by atoms with Gasteiger partial charge in [0.1, 0.15) is 0 Å². The summed E-state index contributed by atoms with van der Waals surface area (Å²) in [5.41, 5.74) is 3.79. The van der Waals surface area contributed by atoms with Crippen molar-refractivity contribution in [3.63, 3.8) is 0 Å². The molecule has 0 atom stereocenters. The van der Waals surface area contributed by atoms with E-state index in [2.05, 4.69) is 40.4 Å². The van der Waals surface area contributed by atoms with Gasteiger partial charge in [0, 0.05) is 23.4 Å². The number of allylic oxidation sites excluding steroid dienone is 1. The maximum absolute atomic E-state index is 5.53. The molecule has 2 aromatic rings. The van der Waals surface area contributed by atoms with Crippen molar-refractivity contribution in [1.82, 2.24) is 14.8 Å². The van der Waals surface area contributed by atoms with Gasteiger partial charge >= 0.3 is 0 Å². The van der Waals surface area contributed by atoms with Crippen LogP contribution < -0.4 is 0 Å². The molecule has 0 aliphatic rings. The smallest absolute Gasteiger partial charge is 0.192 e. The van der Waals surface area contributed by atoms with Crippen molar-refractivity contribution in [1.29, 1.82) is 0 Å². The Labute approximate surface area is 128 Å². The van der Waals surface area contributed by atoms with Crippen LogP contribution in [-0.2, 0) is 6.54 Å². The van der Waals surface area contributed by atoms with Gasteiger partial charge in [0.15, 0.2) is 11.0 Å². The third-order valence-electron chi connectivity index (χ3n) is 2.70. The third-order valence-corrected chi connectivity index (χ3v) is 3.80. The molecular weight excluding hydrogens is 290 g/mol. The van der Waals surface area contributed by atoms with Gasteiger partial charge in [-0.1, -0.05) is 59.3 Å². The molecule has 0 N–H and O–H groups in total. The first-order valence-corrected chi connectivity index (χ1v) is 7.67. The van der Waals surface area contributed by atoms with Crippen LogP contribution in [0.3, 0.4) is 0 Å². The summed E-state index contributed by atoms with van der Waals surface area (Å²) >= 11 is 7.14. The Morgan fingerprint density at radius 2 is 2.25 bits per heavy atom. The predicted octanol–water partition coefficient (Wildman–Crippen LogP) is 4.28. The van der Waals surface area contributed by atoms with E-state index in [4.69, 9.17) is 11.6 Å². The van der Waals surface area contributed by atoms with Crippen LogP contribution in [0.1, 0.15) is 5.56 Å². The molecular formula is C15H16ClN3S. The molecule has 2 rings (SSSR count). The zero-order valence-corrected chi connectivity index (χ0v) is 12.9. The van der Waals surface area contributed by atoms with Crippen LogP contribution in [0.5, 0.6) is 0 Å². The van der Waals surface area contributed by atoms with E-state index in [9.17, 15) is 0 Å². The number of thioether (sulfide) groups is 1. The number of halogens is 1. The van der Waals surface area contributed by atoms with Gasteiger partial charge in [0.05, 0.1) is 0 Å². The first-order chi connectivity index (χ1) is 9.76. The second-order valence-corrected chi connectivity index (χ2v) is 5.49. The molecule has 0 amide bonds. The van der Waals surface area contributed by atoms with Crippen LogP contribution in [0.4, 0.5) is 0 Å². The summed E-state index contributed by atoms with van der Waals surface area (Å²) in [6.07, 6.45) is 3.73. The highest BCUT2D eigenvalue weighted by Crippen LogP contribution is 2.24. The summed E-state index contributed by atoms with van der Waals surface area (Å²) in [5.74, 6) is 1.64. The zero-order chi connectivity index (χ0) is 14.4. The Bertz CT molecular complexity index is 619. The van der Waals surface area contributed by atoms with E-state index in [1.807, 2.05) is 24.3 Å². The van der Waals surface area contributed by atoms with Crippen LogP contribution in [-0.4, -0.2) is 20.5 Å². The van der Waals surface area contributed by atoms with Crippen LogP contribution in [0.25, 0.3) is 11.4 Å². The molecule has 1 aromatic heterocycles. The van der Waals surface area contributed by atoms with Gasteiger partial charge in [-0.3, -0.25) is 4.57 Å². The molecule has 1 heterocycles. The van der Waals surface area contributed by atoms with Crippen LogP contribution in [0, 0.1) is 6.92 Å². The first kappa shape index (κ1) is 14.9. The predicted molar refractivity (Wildman–Crippen MR) is 86.1 cm³/mol. The largest absolute Gasteiger partial charge is 0.298 e. The minimum atomic E-state index is 0.684. The molecule has 0 saturated heterocycles. The Kier molecular flexibility index (Phi) is 5.44. The fraction of sp³-hybridized carbons (Fsp3) is 0.200. The fourth-order valence-electron chi connectivity index (χ4n) is 1.85. The molecule has 104 valence electrons. The SMILES string of the molecule is C=CCn1c(SC/C=C/Cl)nnc1-c1cccc(C)c1. The number of nitrogens with zero attached hydrogens (tertiary/aromatic N) is 3. The van der Waals surface area contributed by atoms with Crippen molar-refractivity contribution in [2.24, 2.45) is 0 Å². The van der Waals surface area contributed by atoms with Gasteiger partial charge in [-0.15, -0.1) is 16.8 Å². The number of hydrogen-bond donors (Lipinski definition) is 0. The van der Waals surface area contributed by atoms with Crippen molar-refractivity contribution in [3.8, 4) is 11.4 Å². The molecule has 5 heteroatoms. The topological polar surface area (TPSA) is 30.7 Å². The summed E-state index contributed by atoms with van der Waals surface area (Å²) in [6, 6.07) is 8.25. The van der Waals surface area contributed by atoms with Crippen LogP contribution >= 0.6 is 23.4 Å². The number of aromatic nitrogens is 3. The Morgan fingerprint density at radius 1 is 1.40 bits per heavy atom. The quantitative estimate of drug-likeness (QED) is 0.589. The Balaban J connectivity index is 2.35. The number of hydrogen-bond acceptors (Lipinski definition) is 3. The number of rotatable bonds is 6. The minimum absolute atomic E-state index is 0.684. The highest BCUT2D eigenvalue weighted by Gasteiger charge is 2.12. The molecule has 0 aliphatic carbocycles. The second kappa shape index (κ2) is 7.31. The Morgan fingerprint density at radius 3 is 2.95 bits per heavy atom. The molecule has 3 nitrogen and oxygen atoms in total. The summed E-state index contributed by atoms with van der Waals surface area (Å²) in [6.45, 7) is 6.56. The summed E-state index contributed by atoms with van der Waals surface area (Å²) in [4.78, 5) is 0. The molecule has 1 aromatic carbocycles. The van der Waals surface area contributed by atoms with E-state index in [1.165, 1.54) is 11.1 Å². The highest BCUT2D eigenvalue weighted by molar-refractivity contribution is 7.99. The second-order valence-electron chi connectivity index (χ2n) is 4.25. The van der Waals surface area contributed by atoms with Crippen molar-refractivity contribution in [2.45, 2.75) is 18.6 Å². The van der Waals surface area contributed by atoms with Crippen molar-refractivity contribution in [2.75, 3.05) is 5.75 Å². The zero-order valence-electron chi connectivity index (χ0n) is 11.3.